The van der Waals surface area contributed by atoms with E-state index in [4.69, 9.17) is 18.8 Å². The first-order valence-electron chi connectivity index (χ1n) is 6.85. The second-order valence-electron chi connectivity index (χ2n) is 6.11. The van der Waals surface area contributed by atoms with E-state index in [9.17, 15) is 0 Å². The summed E-state index contributed by atoms with van der Waals surface area (Å²) in [6.07, 6.45) is 0.667. The number of ether oxygens (including phenoxy) is 2. The second-order valence-corrected chi connectivity index (χ2v) is 6.11. The molecule has 4 nitrogen and oxygen atoms in total. The Morgan fingerprint density at radius 3 is 1.75 bits per heavy atom. The fourth-order valence-corrected chi connectivity index (χ4v) is 2.23. The minimum Gasteiger partial charge on any atom is -0.497 e. The molecule has 1 fully saturated rings. The fraction of sp³-hybridized carbons (Fsp3) is 0.600. The van der Waals surface area contributed by atoms with Gasteiger partial charge in [0, 0.05) is 12.4 Å². The van der Waals surface area contributed by atoms with Crippen LogP contribution in [0.3, 0.4) is 0 Å². The van der Waals surface area contributed by atoms with Gasteiger partial charge < -0.3 is 18.8 Å². The van der Waals surface area contributed by atoms with Gasteiger partial charge in [0.15, 0.2) is 0 Å². The van der Waals surface area contributed by atoms with Crippen LogP contribution in [0.25, 0.3) is 0 Å². The summed E-state index contributed by atoms with van der Waals surface area (Å²) in [6, 6.07) is 5.81. The van der Waals surface area contributed by atoms with E-state index in [2.05, 4.69) is 27.7 Å². The van der Waals surface area contributed by atoms with Crippen LogP contribution >= 0.6 is 0 Å². The van der Waals surface area contributed by atoms with Crippen molar-refractivity contribution in [3.05, 3.63) is 23.8 Å². The Balaban J connectivity index is 2.15. The average Bonchev–Trinajstić information content (AvgIpc) is 2.56. The van der Waals surface area contributed by atoms with Crippen molar-refractivity contribution in [3.8, 4) is 11.5 Å². The Kier molecular flexibility index (Phi) is 4.03. The molecule has 0 radical (unpaired) electrons. The maximum atomic E-state index is 6.01. The first kappa shape index (κ1) is 15.2. The quantitative estimate of drug-likeness (QED) is 0.793. The lowest BCUT2D eigenvalue weighted by Crippen LogP contribution is -2.41. The van der Waals surface area contributed by atoms with Crippen molar-refractivity contribution >= 4 is 7.12 Å². The van der Waals surface area contributed by atoms with Crippen LogP contribution in [0.15, 0.2) is 18.2 Å². The third kappa shape index (κ3) is 2.94. The second kappa shape index (κ2) is 5.30. The summed E-state index contributed by atoms with van der Waals surface area (Å²) < 4.78 is 22.6. The minimum absolute atomic E-state index is 0.253. The molecule has 110 valence electrons. The highest BCUT2D eigenvalue weighted by Crippen LogP contribution is 2.37. The van der Waals surface area contributed by atoms with E-state index >= 15 is 0 Å². The van der Waals surface area contributed by atoms with E-state index in [-0.39, 0.29) is 18.3 Å². The van der Waals surface area contributed by atoms with E-state index in [0.717, 1.165) is 17.1 Å². The van der Waals surface area contributed by atoms with E-state index < -0.39 is 0 Å². The van der Waals surface area contributed by atoms with Crippen molar-refractivity contribution in [2.75, 3.05) is 14.2 Å². The van der Waals surface area contributed by atoms with E-state index in [1.54, 1.807) is 14.2 Å². The zero-order chi connectivity index (χ0) is 15.0. The molecule has 1 aliphatic heterocycles. The summed E-state index contributed by atoms with van der Waals surface area (Å²) >= 11 is 0. The van der Waals surface area contributed by atoms with Gasteiger partial charge in [-0.2, -0.15) is 0 Å². The van der Waals surface area contributed by atoms with Gasteiger partial charge in [0.2, 0.25) is 0 Å². The van der Waals surface area contributed by atoms with Crippen LogP contribution in [-0.4, -0.2) is 32.5 Å². The molecular formula is C15H23BO4. The summed E-state index contributed by atoms with van der Waals surface area (Å²) in [4.78, 5) is 0. The lowest BCUT2D eigenvalue weighted by atomic mass is 9.80. The van der Waals surface area contributed by atoms with Gasteiger partial charge in [-0.3, -0.25) is 0 Å². The van der Waals surface area contributed by atoms with Crippen LogP contribution in [0.4, 0.5) is 0 Å². The zero-order valence-electron chi connectivity index (χ0n) is 13.1. The van der Waals surface area contributed by atoms with Crippen LogP contribution in [0.1, 0.15) is 33.3 Å². The van der Waals surface area contributed by atoms with E-state index in [1.807, 2.05) is 18.2 Å². The molecule has 2 rings (SSSR count). The number of hydrogen-bond acceptors (Lipinski definition) is 4. The predicted molar refractivity (Wildman–Crippen MR) is 79.3 cm³/mol. The topological polar surface area (TPSA) is 36.9 Å². The molecule has 1 aromatic carbocycles. The third-order valence-electron chi connectivity index (χ3n) is 4.12. The van der Waals surface area contributed by atoms with Crippen molar-refractivity contribution in [1.82, 2.24) is 0 Å². The summed E-state index contributed by atoms with van der Waals surface area (Å²) in [5.41, 5.74) is 0.459. The number of rotatable bonds is 4. The highest BCUT2D eigenvalue weighted by atomic mass is 16.7. The van der Waals surface area contributed by atoms with Gasteiger partial charge in [0.1, 0.15) is 11.5 Å². The summed E-state index contributed by atoms with van der Waals surface area (Å²) in [5.74, 6) is 1.55. The molecule has 1 heterocycles. The summed E-state index contributed by atoms with van der Waals surface area (Å²) in [7, 11) is 3.04. The highest BCUT2D eigenvalue weighted by molar-refractivity contribution is 6.45. The lowest BCUT2D eigenvalue weighted by molar-refractivity contribution is 0.00578. The smallest absolute Gasteiger partial charge is 0.462 e. The normalized spacial score (nSPS) is 20.0. The van der Waals surface area contributed by atoms with Gasteiger partial charge in [-0.05, 0) is 45.4 Å². The monoisotopic (exact) mass is 278 g/mol. The maximum absolute atomic E-state index is 6.01. The van der Waals surface area contributed by atoms with Gasteiger partial charge in [0.05, 0.1) is 25.4 Å². The van der Waals surface area contributed by atoms with Gasteiger partial charge in [-0.15, -0.1) is 0 Å². The fourth-order valence-electron chi connectivity index (χ4n) is 2.23. The molecule has 20 heavy (non-hydrogen) atoms. The molecule has 0 aromatic heterocycles. The molecule has 0 N–H and O–H groups in total. The third-order valence-corrected chi connectivity index (χ3v) is 4.12. The molecule has 1 aliphatic rings. The maximum Gasteiger partial charge on any atom is 0.462 e. The average molecular weight is 278 g/mol. The molecule has 0 atom stereocenters. The minimum atomic E-state index is -0.305. The van der Waals surface area contributed by atoms with Gasteiger partial charge in [-0.25, -0.2) is 0 Å². The predicted octanol–water partition coefficient (Wildman–Crippen LogP) is 2.88. The SMILES string of the molecule is COc1cc(CB2OC(C)(C)C(C)(C)O2)cc(OC)c1. The number of methoxy groups -OCH3 is 2. The molecule has 0 aliphatic carbocycles. The van der Waals surface area contributed by atoms with Crippen LogP contribution in [0.5, 0.6) is 11.5 Å². The zero-order valence-corrected chi connectivity index (χ0v) is 13.1. The molecule has 1 aromatic rings. The summed E-state index contributed by atoms with van der Waals surface area (Å²) in [5, 5.41) is 0. The van der Waals surface area contributed by atoms with Crippen molar-refractivity contribution in [3.63, 3.8) is 0 Å². The largest absolute Gasteiger partial charge is 0.497 e. The van der Waals surface area contributed by atoms with Crippen molar-refractivity contribution in [2.45, 2.75) is 45.2 Å². The van der Waals surface area contributed by atoms with E-state index in [0.29, 0.717) is 6.32 Å². The van der Waals surface area contributed by atoms with Crippen LogP contribution in [-0.2, 0) is 15.6 Å². The van der Waals surface area contributed by atoms with Gasteiger partial charge in [0.25, 0.3) is 0 Å². The van der Waals surface area contributed by atoms with E-state index in [1.165, 1.54) is 0 Å². The van der Waals surface area contributed by atoms with Crippen molar-refractivity contribution in [2.24, 2.45) is 0 Å². The Labute approximate surface area is 121 Å². The molecule has 1 saturated heterocycles. The molecule has 0 saturated carbocycles. The Morgan fingerprint density at radius 2 is 1.35 bits per heavy atom. The Morgan fingerprint density at radius 1 is 0.900 bits per heavy atom. The van der Waals surface area contributed by atoms with Crippen molar-refractivity contribution in [1.29, 1.82) is 0 Å². The highest BCUT2D eigenvalue weighted by Gasteiger charge is 2.50. The molecule has 0 bridgehead atoms. The molecule has 0 spiro atoms. The molecule has 0 amide bonds. The Hall–Kier alpha value is -1.20. The first-order valence-corrected chi connectivity index (χ1v) is 6.85. The van der Waals surface area contributed by atoms with Crippen LogP contribution < -0.4 is 9.47 Å². The lowest BCUT2D eigenvalue weighted by Gasteiger charge is -2.32. The Bertz CT molecular complexity index is 447. The van der Waals surface area contributed by atoms with Gasteiger partial charge in [-0.1, -0.05) is 0 Å². The van der Waals surface area contributed by atoms with Gasteiger partial charge >= 0.3 is 7.12 Å². The summed E-state index contributed by atoms with van der Waals surface area (Å²) in [6.45, 7) is 8.22. The molecule has 5 heteroatoms. The number of hydrogen-bond donors (Lipinski definition) is 0. The molecular weight excluding hydrogens is 255 g/mol. The van der Waals surface area contributed by atoms with Crippen LogP contribution in [0.2, 0.25) is 0 Å². The van der Waals surface area contributed by atoms with Crippen molar-refractivity contribution < 1.29 is 18.8 Å². The first-order chi connectivity index (χ1) is 9.27. The number of benzene rings is 1. The molecule has 0 unspecified atom stereocenters. The van der Waals surface area contributed by atoms with Crippen LogP contribution in [0, 0.1) is 0 Å². The standard InChI is InChI=1S/C15H23BO4/c1-14(2)15(3,4)20-16(19-14)10-11-7-12(17-5)9-13(8-11)18-6/h7-9H,10H2,1-6H3.